The Hall–Kier alpha value is -1.42. The predicted octanol–water partition coefficient (Wildman–Crippen LogP) is 5.98. The summed E-state index contributed by atoms with van der Waals surface area (Å²) in [6.45, 7) is 2.25. The lowest BCUT2D eigenvalue weighted by Gasteiger charge is -2.09. The number of hydrogen-bond donors (Lipinski definition) is 1. The number of rotatable bonds is 13. The number of carbonyl (C=O) groups excluding carboxylic acids is 1. The molecule has 2 rings (SSSR count). The number of benzene rings is 1. The van der Waals surface area contributed by atoms with Crippen LogP contribution >= 0.6 is 0 Å². The van der Waals surface area contributed by atoms with Crippen LogP contribution in [0.15, 0.2) is 41.5 Å². The van der Waals surface area contributed by atoms with E-state index >= 15 is 0 Å². The zero-order chi connectivity index (χ0) is 19.3. The molecule has 0 saturated carbocycles. The second-order valence-electron chi connectivity index (χ2n) is 7.57. The van der Waals surface area contributed by atoms with Crippen molar-refractivity contribution in [1.82, 2.24) is 4.72 Å². The highest BCUT2D eigenvalue weighted by atomic mass is 32.2. The minimum Gasteiger partial charge on any atom is -0.271 e. The lowest BCUT2D eigenvalue weighted by Crippen LogP contribution is -2.28. The van der Waals surface area contributed by atoms with Gasteiger partial charge in [-0.3, -0.25) is 9.52 Å². The lowest BCUT2D eigenvalue weighted by molar-refractivity contribution is -0.115. The van der Waals surface area contributed by atoms with Gasteiger partial charge in [-0.25, -0.2) is 4.21 Å². The Labute approximate surface area is 167 Å². The van der Waals surface area contributed by atoms with Gasteiger partial charge < -0.3 is 0 Å². The van der Waals surface area contributed by atoms with Crippen LogP contribution in [-0.2, 0) is 21.5 Å². The van der Waals surface area contributed by atoms with E-state index in [0.29, 0.717) is 5.75 Å². The minimum atomic E-state index is -1.36. The van der Waals surface area contributed by atoms with Crippen molar-refractivity contribution in [2.75, 3.05) is 0 Å². The first kappa shape index (κ1) is 21.9. The molecule has 4 heteroatoms. The Bertz CT molecular complexity index is 625. The second-order valence-corrected chi connectivity index (χ2v) is 8.75. The van der Waals surface area contributed by atoms with Gasteiger partial charge in [0.15, 0.2) is 0 Å². The van der Waals surface area contributed by atoms with Gasteiger partial charge in [-0.15, -0.1) is 0 Å². The van der Waals surface area contributed by atoms with E-state index in [1.165, 1.54) is 56.9 Å². The third-order valence-electron chi connectivity index (χ3n) is 5.29. The molecule has 0 fully saturated rings. The van der Waals surface area contributed by atoms with Crippen molar-refractivity contribution in [3.8, 4) is 0 Å². The van der Waals surface area contributed by atoms with Crippen LogP contribution in [0, 0.1) is 0 Å². The van der Waals surface area contributed by atoms with Crippen LogP contribution in [0.2, 0.25) is 0 Å². The summed E-state index contributed by atoms with van der Waals surface area (Å²) in [5.74, 6) is 0.254. The first-order chi connectivity index (χ1) is 13.2. The van der Waals surface area contributed by atoms with E-state index in [9.17, 15) is 9.00 Å². The summed E-state index contributed by atoms with van der Waals surface area (Å²) in [4.78, 5) is 12.5. The topological polar surface area (TPSA) is 46.2 Å². The molecule has 1 aliphatic carbocycles. The van der Waals surface area contributed by atoms with E-state index in [1.54, 1.807) is 0 Å². The fraction of sp³-hybridized carbons (Fsp3) is 0.609. The molecule has 1 unspecified atom stereocenters. The smallest absolute Gasteiger partial charge is 0.258 e. The van der Waals surface area contributed by atoms with Crippen molar-refractivity contribution in [2.45, 2.75) is 89.7 Å². The second kappa shape index (κ2) is 12.9. The average Bonchev–Trinajstić information content (AvgIpc) is 3.13. The largest absolute Gasteiger partial charge is 0.271 e. The van der Waals surface area contributed by atoms with Crippen molar-refractivity contribution in [2.24, 2.45) is 0 Å². The van der Waals surface area contributed by atoms with Gasteiger partial charge in [0, 0.05) is 5.57 Å². The van der Waals surface area contributed by atoms with Gasteiger partial charge in [-0.1, -0.05) is 87.8 Å². The quantitative estimate of drug-likeness (QED) is 0.422. The SMILES string of the molecule is CCCCCCCCCCC1=C(C(=O)NS(=O)Cc2ccccc2)CCC1. The third-order valence-corrected chi connectivity index (χ3v) is 6.29. The summed E-state index contributed by atoms with van der Waals surface area (Å²) in [5, 5.41) is 0. The molecule has 1 aromatic carbocycles. The Morgan fingerprint density at radius 2 is 1.63 bits per heavy atom. The van der Waals surface area contributed by atoms with Crippen molar-refractivity contribution in [1.29, 1.82) is 0 Å². The Morgan fingerprint density at radius 3 is 2.33 bits per heavy atom. The molecule has 0 saturated heterocycles. The molecule has 3 nitrogen and oxygen atoms in total. The van der Waals surface area contributed by atoms with Crippen molar-refractivity contribution in [3.05, 3.63) is 47.0 Å². The molecule has 0 bridgehead atoms. The maximum atomic E-state index is 12.5. The molecule has 1 N–H and O–H groups in total. The van der Waals surface area contributed by atoms with Crippen LogP contribution in [0.5, 0.6) is 0 Å². The molecule has 0 radical (unpaired) electrons. The Balaban J connectivity index is 1.71. The van der Waals surface area contributed by atoms with Gasteiger partial charge in [-0.05, 0) is 37.7 Å². The predicted molar refractivity (Wildman–Crippen MR) is 115 cm³/mol. The summed E-state index contributed by atoms with van der Waals surface area (Å²) >= 11 is 0. The number of unbranched alkanes of at least 4 members (excludes halogenated alkanes) is 7. The number of amides is 1. The highest BCUT2D eigenvalue weighted by Gasteiger charge is 2.21. The Morgan fingerprint density at radius 1 is 0.963 bits per heavy atom. The van der Waals surface area contributed by atoms with Crippen molar-refractivity contribution < 1.29 is 9.00 Å². The molecular weight excluding hydrogens is 354 g/mol. The maximum absolute atomic E-state index is 12.5. The molecule has 27 heavy (non-hydrogen) atoms. The van der Waals surface area contributed by atoms with E-state index in [0.717, 1.165) is 36.8 Å². The normalized spacial score (nSPS) is 15.1. The van der Waals surface area contributed by atoms with Gasteiger partial charge in [0.1, 0.15) is 11.0 Å². The van der Waals surface area contributed by atoms with Crippen molar-refractivity contribution in [3.63, 3.8) is 0 Å². The number of carbonyl (C=O) groups is 1. The molecule has 0 aromatic heterocycles. The highest BCUT2D eigenvalue weighted by Crippen LogP contribution is 2.30. The zero-order valence-corrected chi connectivity index (χ0v) is 17.6. The van der Waals surface area contributed by atoms with Gasteiger partial charge in [0.05, 0.1) is 5.75 Å². The molecule has 1 amide bonds. The standard InChI is InChI=1S/C23H35NO2S/c1-2-3-4-5-6-7-8-12-16-21-17-13-18-22(21)23(25)24-27(26)19-20-14-10-9-11-15-20/h9-11,14-15H,2-8,12-13,16-19H2,1H3,(H,24,25). The van der Waals surface area contributed by atoms with E-state index in [4.69, 9.17) is 0 Å². The number of allylic oxidation sites excluding steroid dienone is 1. The van der Waals surface area contributed by atoms with E-state index < -0.39 is 11.0 Å². The minimum absolute atomic E-state index is 0.115. The van der Waals surface area contributed by atoms with Crippen molar-refractivity contribution >= 4 is 16.9 Å². The van der Waals surface area contributed by atoms with Crippen LogP contribution in [0.3, 0.4) is 0 Å². The molecular formula is C23H35NO2S. The first-order valence-electron chi connectivity index (χ1n) is 10.6. The summed E-state index contributed by atoms with van der Waals surface area (Å²) in [5.41, 5.74) is 3.19. The fourth-order valence-electron chi connectivity index (χ4n) is 3.76. The lowest BCUT2D eigenvalue weighted by atomic mass is 10.0. The van der Waals surface area contributed by atoms with Gasteiger partial charge >= 0.3 is 0 Å². The van der Waals surface area contributed by atoms with Crippen LogP contribution in [0.4, 0.5) is 0 Å². The molecule has 1 aromatic rings. The van der Waals surface area contributed by atoms with Crippen LogP contribution < -0.4 is 4.72 Å². The molecule has 0 aliphatic heterocycles. The zero-order valence-electron chi connectivity index (χ0n) is 16.8. The number of hydrogen-bond acceptors (Lipinski definition) is 2. The number of nitrogens with one attached hydrogen (secondary N) is 1. The van der Waals surface area contributed by atoms with E-state index in [2.05, 4.69) is 11.6 Å². The third kappa shape index (κ3) is 8.42. The summed E-state index contributed by atoms with van der Waals surface area (Å²) in [6.07, 6.45) is 14.4. The summed E-state index contributed by atoms with van der Waals surface area (Å²) < 4.78 is 15.0. The fourth-order valence-corrected chi connectivity index (χ4v) is 4.65. The van der Waals surface area contributed by atoms with Gasteiger partial charge in [0.2, 0.25) is 0 Å². The monoisotopic (exact) mass is 389 g/mol. The van der Waals surface area contributed by atoms with E-state index in [-0.39, 0.29) is 5.91 Å². The highest BCUT2D eigenvalue weighted by molar-refractivity contribution is 7.82. The molecule has 1 aliphatic rings. The summed E-state index contributed by atoms with van der Waals surface area (Å²) in [6, 6.07) is 9.66. The molecule has 0 heterocycles. The average molecular weight is 390 g/mol. The van der Waals surface area contributed by atoms with Crippen LogP contribution in [0.25, 0.3) is 0 Å². The summed E-state index contributed by atoms with van der Waals surface area (Å²) in [7, 11) is -1.36. The van der Waals surface area contributed by atoms with Gasteiger partial charge in [-0.2, -0.15) is 0 Å². The van der Waals surface area contributed by atoms with Gasteiger partial charge in [0.25, 0.3) is 5.91 Å². The molecule has 1 atom stereocenters. The Kier molecular flexibility index (Phi) is 10.4. The van der Waals surface area contributed by atoms with Crippen LogP contribution in [-0.4, -0.2) is 10.1 Å². The molecule has 0 spiro atoms. The van der Waals surface area contributed by atoms with E-state index in [1.807, 2.05) is 30.3 Å². The maximum Gasteiger partial charge on any atom is 0.258 e. The molecule has 150 valence electrons. The first-order valence-corrected chi connectivity index (χ1v) is 12.0. The van der Waals surface area contributed by atoms with Crippen LogP contribution in [0.1, 0.15) is 89.5 Å².